The highest BCUT2D eigenvalue weighted by atomic mass is 32.1. The van der Waals surface area contributed by atoms with E-state index in [4.69, 9.17) is 0 Å². The molecule has 1 aromatic heterocycles. The zero-order valence-corrected chi connectivity index (χ0v) is 30.4. The van der Waals surface area contributed by atoms with Gasteiger partial charge in [0, 0.05) is 37.2 Å². The van der Waals surface area contributed by atoms with Crippen LogP contribution in [0.15, 0.2) is 212 Å². The molecule has 1 nitrogen and oxygen atoms in total. The minimum absolute atomic E-state index is 1.11. The van der Waals surface area contributed by atoms with Crippen molar-refractivity contribution >= 4 is 59.3 Å². The minimum Gasteiger partial charge on any atom is -0.311 e. The molecule has 0 saturated carbocycles. The second-order valence-electron chi connectivity index (χ2n) is 13.8. The van der Waals surface area contributed by atoms with Gasteiger partial charge in [0.1, 0.15) is 0 Å². The van der Waals surface area contributed by atoms with Crippen LogP contribution in [0.5, 0.6) is 0 Å². The maximum absolute atomic E-state index is 2.37. The molecule has 0 spiro atoms. The smallest absolute Gasteiger partial charge is 0.0462 e. The molecule has 0 saturated heterocycles. The van der Waals surface area contributed by atoms with Gasteiger partial charge in [-0.1, -0.05) is 152 Å². The lowest BCUT2D eigenvalue weighted by Crippen LogP contribution is -2.09. The molecule has 254 valence electrons. The highest BCUT2D eigenvalue weighted by molar-refractivity contribution is 7.25. The molecule has 0 aliphatic carbocycles. The zero-order chi connectivity index (χ0) is 35.8. The molecular weight excluding hydrogens is 671 g/mol. The summed E-state index contributed by atoms with van der Waals surface area (Å²) in [6.45, 7) is 0. The Hall–Kier alpha value is -6.74. The summed E-state index contributed by atoms with van der Waals surface area (Å²) in [5.41, 5.74) is 13.1. The molecule has 0 aliphatic heterocycles. The molecule has 0 amide bonds. The SMILES string of the molecule is c1ccc(-c2ccc(N(c3ccc(-c4ccc5sc6ccc(-c7ccccc7)cc6c5c4)cc3)c3ccc(-c4cccc5ccccc45)cc3)cc2)cc1. The van der Waals surface area contributed by atoms with Gasteiger partial charge >= 0.3 is 0 Å². The number of benzene rings is 9. The molecule has 2 heteroatoms. The summed E-state index contributed by atoms with van der Waals surface area (Å²) in [6.07, 6.45) is 0. The van der Waals surface area contributed by atoms with Crippen molar-refractivity contribution in [3.63, 3.8) is 0 Å². The standard InChI is InChI=1S/C52H35NS/c1-3-10-36(11-4-1)38-18-26-44(27-19-38)53(46-30-22-41(23-31-46)48-17-9-15-40-14-7-8-16-47(40)48)45-28-20-39(21-29-45)43-25-33-52-50(35-43)49-34-42(24-32-51(49)54-52)37-12-5-2-6-13-37/h1-35H. The highest BCUT2D eigenvalue weighted by Gasteiger charge is 2.15. The van der Waals surface area contributed by atoms with Gasteiger partial charge in [0.25, 0.3) is 0 Å². The minimum atomic E-state index is 1.11. The third-order valence-electron chi connectivity index (χ3n) is 10.5. The molecule has 0 bridgehead atoms. The van der Waals surface area contributed by atoms with E-state index in [0.29, 0.717) is 0 Å². The van der Waals surface area contributed by atoms with Gasteiger partial charge in [-0.05, 0) is 116 Å². The number of hydrogen-bond acceptors (Lipinski definition) is 2. The first-order valence-electron chi connectivity index (χ1n) is 18.4. The number of fused-ring (bicyclic) bond motifs is 4. The van der Waals surface area contributed by atoms with Crippen LogP contribution >= 0.6 is 11.3 Å². The van der Waals surface area contributed by atoms with Crippen LogP contribution in [-0.2, 0) is 0 Å². The molecule has 0 fully saturated rings. The third kappa shape index (κ3) is 5.93. The predicted octanol–water partition coefficient (Wildman–Crippen LogP) is 15.3. The Morgan fingerprint density at radius 3 is 1.24 bits per heavy atom. The van der Waals surface area contributed by atoms with E-state index >= 15 is 0 Å². The lowest BCUT2D eigenvalue weighted by Gasteiger charge is -2.26. The second-order valence-corrected chi connectivity index (χ2v) is 14.8. The highest BCUT2D eigenvalue weighted by Crippen LogP contribution is 2.41. The van der Waals surface area contributed by atoms with Gasteiger partial charge < -0.3 is 4.90 Å². The fraction of sp³-hybridized carbons (Fsp3) is 0. The lowest BCUT2D eigenvalue weighted by atomic mass is 9.98. The first-order valence-corrected chi connectivity index (χ1v) is 19.2. The van der Waals surface area contributed by atoms with Gasteiger partial charge in [0.2, 0.25) is 0 Å². The molecular formula is C52H35NS. The number of thiophene rings is 1. The fourth-order valence-electron chi connectivity index (χ4n) is 7.72. The summed E-state index contributed by atoms with van der Waals surface area (Å²) in [5, 5.41) is 5.14. The molecule has 0 aliphatic rings. The van der Waals surface area contributed by atoms with Crippen LogP contribution in [0.4, 0.5) is 17.1 Å². The topological polar surface area (TPSA) is 3.24 Å². The Kier molecular flexibility index (Phi) is 8.09. The van der Waals surface area contributed by atoms with Crippen LogP contribution in [0.2, 0.25) is 0 Å². The number of rotatable bonds is 7. The van der Waals surface area contributed by atoms with Gasteiger partial charge in [-0.3, -0.25) is 0 Å². The first-order chi connectivity index (χ1) is 26.7. The molecule has 54 heavy (non-hydrogen) atoms. The maximum Gasteiger partial charge on any atom is 0.0462 e. The fourth-order valence-corrected chi connectivity index (χ4v) is 8.78. The Balaban J connectivity index is 1.02. The van der Waals surface area contributed by atoms with E-state index in [1.165, 1.54) is 75.5 Å². The van der Waals surface area contributed by atoms with Gasteiger partial charge in [0.15, 0.2) is 0 Å². The van der Waals surface area contributed by atoms with E-state index < -0.39 is 0 Å². The van der Waals surface area contributed by atoms with Crippen LogP contribution in [0.25, 0.3) is 75.5 Å². The van der Waals surface area contributed by atoms with Crippen molar-refractivity contribution in [1.29, 1.82) is 0 Å². The van der Waals surface area contributed by atoms with Crippen molar-refractivity contribution in [2.45, 2.75) is 0 Å². The third-order valence-corrected chi connectivity index (χ3v) is 11.6. The van der Waals surface area contributed by atoms with Gasteiger partial charge in [-0.15, -0.1) is 11.3 Å². The summed E-state index contributed by atoms with van der Waals surface area (Å²) in [6, 6.07) is 77.1. The van der Waals surface area contributed by atoms with Crippen molar-refractivity contribution in [3.8, 4) is 44.5 Å². The van der Waals surface area contributed by atoms with E-state index in [0.717, 1.165) is 17.1 Å². The largest absolute Gasteiger partial charge is 0.311 e. The summed E-state index contributed by atoms with van der Waals surface area (Å²) in [4.78, 5) is 2.35. The predicted molar refractivity (Wildman–Crippen MR) is 233 cm³/mol. The summed E-state index contributed by atoms with van der Waals surface area (Å²) in [5.74, 6) is 0. The Morgan fingerprint density at radius 1 is 0.278 bits per heavy atom. The van der Waals surface area contributed by atoms with Gasteiger partial charge in [0.05, 0.1) is 0 Å². The van der Waals surface area contributed by atoms with Crippen LogP contribution < -0.4 is 4.90 Å². The van der Waals surface area contributed by atoms with Crippen molar-refractivity contribution in [2.75, 3.05) is 4.90 Å². The average Bonchev–Trinajstić information content (AvgIpc) is 3.62. The molecule has 0 N–H and O–H groups in total. The number of nitrogens with zero attached hydrogens (tertiary/aromatic N) is 1. The van der Waals surface area contributed by atoms with E-state index in [1.807, 2.05) is 11.3 Å². The average molecular weight is 706 g/mol. The summed E-state index contributed by atoms with van der Waals surface area (Å²) < 4.78 is 2.63. The maximum atomic E-state index is 2.37. The van der Waals surface area contributed by atoms with Crippen LogP contribution in [-0.4, -0.2) is 0 Å². The first kappa shape index (κ1) is 32.0. The van der Waals surface area contributed by atoms with Gasteiger partial charge in [-0.25, -0.2) is 0 Å². The Labute approximate surface area is 319 Å². The van der Waals surface area contributed by atoms with Crippen molar-refractivity contribution < 1.29 is 0 Å². The van der Waals surface area contributed by atoms with Crippen LogP contribution in [0.3, 0.4) is 0 Å². The molecule has 9 aromatic carbocycles. The van der Waals surface area contributed by atoms with Crippen molar-refractivity contribution in [2.24, 2.45) is 0 Å². The van der Waals surface area contributed by atoms with E-state index in [1.54, 1.807) is 0 Å². The molecule has 10 aromatic rings. The van der Waals surface area contributed by atoms with E-state index in [-0.39, 0.29) is 0 Å². The molecule has 1 heterocycles. The van der Waals surface area contributed by atoms with Gasteiger partial charge in [-0.2, -0.15) is 0 Å². The molecule has 10 rings (SSSR count). The number of hydrogen-bond donors (Lipinski definition) is 0. The van der Waals surface area contributed by atoms with E-state index in [9.17, 15) is 0 Å². The van der Waals surface area contributed by atoms with E-state index in [2.05, 4.69) is 217 Å². The molecule has 0 unspecified atom stereocenters. The normalized spacial score (nSPS) is 11.3. The van der Waals surface area contributed by atoms with Crippen molar-refractivity contribution in [1.82, 2.24) is 0 Å². The second kappa shape index (κ2) is 13.7. The lowest BCUT2D eigenvalue weighted by molar-refractivity contribution is 1.28. The molecule has 0 radical (unpaired) electrons. The summed E-state index contributed by atoms with van der Waals surface area (Å²) in [7, 11) is 0. The van der Waals surface area contributed by atoms with Crippen molar-refractivity contribution in [3.05, 3.63) is 212 Å². The van der Waals surface area contributed by atoms with Crippen LogP contribution in [0, 0.1) is 0 Å². The quantitative estimate of drug-likeness (QED) is 0.160. The summed E-state index contributed by atoms with van der Waals surface area (Å²) >= 11 is 1.86. The van der Waals surface area contributed by atoms with Crippen LogP contribution in [0.1, 0.15) is 0 Å². The Bertz CT molecular complexity index is 2880. The Morgan fingerprint density at radius 2 is 0.685 bits per heavy atom. The monoisotopic (exact) mass is 705 g/mol. The zero-order valence-electron chi connectivity index (χ0n) is 29.6. The molecule has 0 atom stereocenters. The number of anilines is 3.